The summed E-state index contributed by atoms with van der Waals surface area (Å²) in [6, 6.07) is 4.84. The van der Waals surface area contributed by atoms with E-state index in [0.29, 0.717) is 12.3 Å². The second-order valence-corrected chi connectivity index (χ2v) is 7.58. The third-order valence-electron chi connectivity index (χ3n) is 3.34. The fraction of sp³-hybridized carbons (Fsp3) is 0.600. The van der Waals surface area contributed by atoms with E-state index in [1.165, 1.54) is 14.2 Å². The van der Waals surface area contributed by atoms with Crippen molar-refractivity contribution in [1.29, 1.82) is 0 Å². The van der Waals surface area contributed by atoms with Crippen LogP contribution >= 0.6 is 12.4 Å². The average molecular weight is 367 g/mol. The molecule has 1 aromatic rings. The highest BCUT2D eigenvalue weighted by molar-refractivity contribution is 7.89. The lowest BCUT2D eigenvalue weighted by Crippen LogP contribution is -2.52. The van der Waals surface area contributed by atoms with Gasteiger partial charge in [-0.25, -0.2) is 13.1 Å². The van der Waals surface area contributed by atoms with Crippen LogP contribution in [0.1, 0.15) is 27.2 Å². The van der Waals surface area contributed by atoms with Gasteiger partial charge in [0.1, 0.15) is 11.5 Å². The summed E-state index contributed by atoms with van der Waals surface area (Å²) in [5, 5.41) is 0. The lowest BCUT2D eigenvalue weighted by molar-refractivity contribution is 0.340. The van der Waals surface area contributed by atoms with Crippen LogP contribution in [0.5, 0.6) is 11.5 Å². The minimum absolute atomic E-state index is 0. The highest BCUT2D eigenvalue weighted by Gasteiger charge is 2.33. The van der Waals surface area contributed by atoms with Crippen molar-refractivity contribution in [3.63, 3.8) is 0 Å². The molecule has 134 valence electrons. The summed E-state index contributed by atoms with van der Waals surface area (Å²) in [5.74, 6) is 0.766. The molecule has 1 rings (SSSR count). The molecule has 0 fully saturated rings. The van der Waals surface area contributed by atoms with Crippen molar-refractivity contribution in [3.05, 3.63) is 18.2 Å². The van der Waals surface area contributed by atoms with Gasteiger partial charge < -0.3 is 15.2 Å². The fourth-order valence-electron chi connectivity index (χ4n) is 2.53. The summed E-state index contributed by atoms with van der Waals surface area (Å²) in [5.41, 5.74) is 5.06. The van der Waals surface area contributed by atoms with Gasteiger partial charge >= 0.3 is 0 Å². The maximum Gasteiger partial charge on any atom is 0.248 e. The van der Waals surface area contributed by atoms with Gasteiger partial charge in [-0.1, -0.05) is 19.9 Å². The molecule has 0 saturated heterocycles. The van der Waals surface area contributed by atoms with E-state index in [0.717, 1.165) is 0 Å². The molecule has 6 nitrogen and oxygen atoms in total. The van der Waals surface area contributed by atoms with Crippen molar-refractivity contribution in [1.82, 2.24) is 4.72 Å². The van der Waals surface area contributed by atoms with E-state index in [1.807, 2.05) is 13.8 Å². The number of halogens is 1. The third kappa shape index (κ3) is 5.53. The van der Waals surface area contributed by atoms with E-state index in [1.54, 1.807) is 25.1 Å². The van der Waals surface area contributed by atoms with E-state index >= 15 is 0 Å². The second-order valence-electron chi connectivity index (χ2n) is 5.96. The van der Waals surface area contributed by atoms with Crippen LogP contribution in [-0.2, 0) is 10.0 Å². The first-order chi connectivity index (χ1) is 10.2. The molecule has 1 unspecified atom stereocenters. The van der Waals surface area contributed by atoms with Crippen LogP contribution in [0.25, 0.3) is 0 Å². The summed E-state index contributed by atoms with van der Waals surface area (Å²) in [6.07, 6.45) is 0.625. The van der Waals surface area contributed by atoms with Gasteiger partial charge in [-0.3, -0.25) is 0 Å². The Balaban J connectivity index is 0.00000484. The molecule has 0 radical (unpaired) electrons. The number of sulfonamides is 1. The lowest BCUT2D eigenvalue weighted by atomic mass is 9.92. The molecule has 1 atom stereocenters. The van der Waals surface area contributed by atoms with Gasteiger partial charge in [-0.15, -0.1) is 12.4 Å². The van der Waals surface area contributed by atoms with Crippen LogP contribution in [0.4, 0.5) is 0 Å². The predicted octanol–water partition coefficient (Wildman–Crippen LogP) is 2.17. The first kappa shape index (κ1) is 22.0. The number of methoxy groups -OCH3 is 2. The third-order valence-corrected chi connectivity index (χ3v) is 5.04. The minimum Gasteiger partial charge on any atom is -0.495 e. The van der Waals surface area contributed by atoms with E-state index in [4.69, 9.17) is 15.2 Å². The summed E-state index contributed by atoms with van der Waals surface area (Å²) < 4.78 is 38.7. The number of benzene rings is 1. The molecule has 0 heterocycles. The van der Waals surface area contributed by atoms with Crippen molar-refractivity contribution in [2.45, 2.75) is 37.6 Å². The van der Waals surface area contributed by atoms with Crippen LogP contribution in [0, 0.1) is 5.92 Å². The van der Waals surface area contributed by atoms with Crippen molar-refractivity contribution < 1.29 is 17.9 Å². The molecule has 23 heavy (non-hydrogen) atoms. The Morgan fingerprint density at radius 2 is 1.70 bits per heavy atom. The Bertz CT molecular complexity index is 585. The largest absolute Gasteiger partial charge is 0.495 e. The molecular formula is C15H27ClN2O4S. The second kappa shape index (κ2) is 8.73. The van der Waals surface area contributed by atoms with Gasteiger partial charge in [0, 0.05) is 12.1 Å². The Labute approximate surface area is 145 Å². The summed E-state index contributed by atoms with van der Waals surface area (Å²) in [4.78, 5) is -0.0107. The van der Waals surface area contributed by atoms with Crippen LogP contribution in [0.2, 0.25) is 0 Å². The van der Waals surface area contributed by atoms with Gasteiger partial charge in [0.05, 0.1) is 14.2 Å². The van der Waals surface area contributed by atoms with Crippen LogP contribution in [-0.4, -0.2) is 34.7 Å². The standard InChI is InChI=1S/C15H26N2O4S.ClH/c1-11(2)9-15(3,10-16)17-22(18,19)14-12(20-4)7-6-8-13(14)21-5;/h6-8,11,17H,9-10,16H2,1-5H3;1H. The van der Waals surface area contributed by atoms with Crippen molar-refractivity contribution in [2.24, 2.45) is 11.7 Å². The molecule has 0 aromatic heterocycles. The molecule has 0 aliphatic rings. The van der Waals surface area contributed by atoms with Crippen molar-refractivity contribution in [2.75, 3.05) is 20.8 Å². The Hall–Kier alpha value is -1.02. The molecule has 0 amide bonds. The number of hydrogen-bond acceptors (Lipinski definition) is 5. The lowest BCUT2D eigenvalue weighted by Gasteiger charge is -2.31. The summed E-state index contributed by atoms with van der Waals surface area (Å²) >= 11 is 0. The van der Waals surface area contributed by atoms with E-state index in [2.05, 4.69) is 4.72 Å². The van der Waals surface area contributed by atoms with E-state index in [9.17, 15) is 8.42 Å². The smallest absolute Gasteiger partial charge is 0.248 e. The average Bonchev–Trinajstić information content (AvgIpc) is 2.44. The SMILES string of the molecule is COc1cccc(OC)c1S(=O)(=O)NC(C)(CN)CC(C)C.Cl. The van der Waals surface area contributed by atoms with E-state index in [-0.39, 0.29) is 35.3 Å². The van der Waals surface area contributed by atoms with Gasteiger partial charge in [0.25, 0.3) is 0 Å². The fourth-order valence-corrected chi connectivity index (χ4v) is 4.28. The molecule has 0 aliphatic carbocycles. The minimum atomic E-state index is -3.84. The monoisotopic (exact) mass is 366 g/mol. The normalized spacial score (nSPS) is 14.0. The number of nitrogens with one attached hydrogen (secondary N) is 1. The maximum atomic E-state index is 12.8. The van der Waals surface area contributed by atoms with Crippen molar-refractivity contribution in [3.8, 4) is 11.5 Å². The number of nitrogens with two attached hydrogens (primary N) is 1. The molecule has 8 heteroatoms. The van der Waals surface area contributed by atoms with Crippen molar-refractivity contribution >= 4 is 22.4 Å². The topological polar surface area (TPSA) is 90.6 Å². The Morgan fingerprint density at radius 1 is 1.22 bits per heavy atom. The summed E-state index contributed by atoms with van der Waals surface area (Å²) in [6.45, 7) is 6.03. The molecule has 0 spiro atoms. The maximum absolute atomic E-state index is 12.8. The van der Waals surface area contributed by atoms with Crippen LogP contribution in [0.3, 0.4) is 0 Å². The van der Waals surface area contributed by atoms with Crippen LogP contribution < -0.4 is 19.9 Å². The zero-order chi connectivity index (χ0) is 17.0. The zero-order valence-electron chi connectivity index (χ0n) is 14.3. The quantitative estimate of drug-likeness (QED) is 0.735. The predicted molar refractivity (Wildman–Crippen MR) is 94.0 cm³/mol. The molecule has 0 saturated carbocycles. The molecule has 1 aromatic carbocycles. The van der Waals surface area contributed by atoms with Crippen LogP contribution in [0.15, 0.2) is 23.1 Å². The van der Waals surface area contributed by atoms with Gasteiger partial charge in [-0.05, 0) is 31.4 Å². The van der Waals surface area contributed by atoms with Gasteiger partial charge in [0.2, 0.25) is 10.0 Å². The van der Waals surface area contributed by atoms with Gasteiger partial charge in [0.15, 0.2) is 4.90 Å². The number of rotatable bonds is 8. The highest BCUT2D eigenvalue weighted by Crippen LogP contribution is 2.34. The Kier molecular flexibility index (Phi) is 8.34. The first-order valence-corrected chi connectivity index (χ1v) is 8.62. The zero-order valence-corrected chi connectivity index (χ0v) is 15.9. The van der Waals surface area contributed by atoms with Gasteiger partial charge in [-0.2, -0.15) is 0 Å². The Morgan fingerprint density at radius 3 is 2.04 bits per heavy atom. The molecular weight excluding hydrogens is 340 g/mol. The summed E-state index contributed by atoms with van der Waals surface area (Å²) in [7, 11) is -1.000. The number of ether oxygens (including phenoxy) is 2. The molecule has 0 bridgehead atoms. The highest BCUT2D eigenvalue weighted by atomic mass is 35.5. The first-order valence-electron chi connectivity index (χ1n) is 7.14. The van der Waals surface area contributed by atoms with E-state index < -0.39 is 15.6 Å². The molecule has 0 aliphatic heterocycles. The number of hydrogen-bond donors (Lipinski definition) is 2. The molecule has 3 N–H and O–H groups in total.